The second-order valence-electron chi connectivity index (χ2n) is 3.09. The van der Waals surface area contributed by atoms with E-state index < -0.39 is 0 Å². The second kappa shape index (κ2) is 2.76. The molecule has 0 bridgehead atoms. The van der Waals surface area contributed by atoms with Gasteiger partial charge in [-0.2, -0.15) is 0 Å². The zero-order chi connectivity index (χ0) is 9.42. The first-order valence-corrected chi connectivity index (χ1v) is 4.14. The van der Waals surface area contributed by atoms with E-state index >= 15 is 0 Å². The summed E-state index contributed by atoms with van der Waals surface area (Å²) in [5.74, 6) is 3.02. The molecule has 0 atom stereocenters. The summed E-state index contributed by atoms with van der Waals surface area (Å²) >= 11 is 0. The minimum absolute atomic E-state index is 0.555. The normalized spacial score (nSPS) is 15.8. The van der Waals surface area contributed by atoms with Gasteiger partial charge in [0.1, 0.15) is 23.8 Å². The highest BCUT2D eigenvalue weighted by Gasteiger charge is 2.18. The zero-order valence-electron chi connectivity index (χ0n) is 7.76. The van der Waals surface area contributed by atoms with Crippen LogP contribution in [0.4, 0.5) is 0 Å². The van der Waals surface area contributed by atoms with Gasteiger partial charge in [-0.15, -0.1) is 0 Å². The van der Waals surface area contributed by atoms with E-state index in [2.05, 4.69) is 11.6 Å². The Balaban J connectivity index is 2.36. The van der Waals surface area contributed by atoms with Crippen molar-refractivity contribution >= 4 is 5.90 Å². The van der Waals surface area contributed by atoms with Crippen molar-refractivity contribution in [1.82, 2.24) is 0 Å². The smallest absolute Gasteiger partial charge is 0.225 e. The fourth-order valence-corrected chi connectivity index (χ4v) is 1.34. The highest BCUT2D eigenvalue weighted by Crippen LogP contribution is 2.19. The molecule has 3 heteroatoms. The van der Waals surface area contributed by atoms with Gasteiger partial charge in [0.2, 0.25) is 5.90 Å². The van der Waals surface area contributed by atoms with Crippen LogP contribution >= 0.6 is 0 Å². The van der Waals surface area contributed by atoms with Crippen LogP contribution in [0.3, 0.4) is 0 Å². The Kier molecular flexibility index (Phi) is 1.72. The highest BCUT2D eigenvalue weighted by molar-refractivity contribution is 5.97. The van der Waals surface area contributed by atoms with Gasteiger partial charge >= 0.3 is 0 Å². The van der Waals surface area contributed by atoms with Crippen molar-refractivity contribution in [3.8, 4) is 0 Å². The lowest BCUT2D eigenvalue weighted by Gasteiger charge is -1.98. The summed E-state index contributed by atoms with van der Waals surface area (Å²) < 4.78 is 10.7. The molecule has 0 saturated heterocycles. The zero-order valence-corrected chi connectivity index (χ0v) is 7.76. The maximum atomic E-state index is 5.37. The van der Waals surface area contributed by atoms with E-state index in [4.69, 9.17) is 9.15 Å². The number of hydrogen-bond acceptors (Lipinski definition) is 3. The first-order chi connectivity index (χ1) is 6.16. The standard InChI is InChI=1S/C10H11NO2/c1-6-4-9(8(3)12-6)10-11-5-7(2)13-10/h4H,2,5H2,1,3H3. The lowest BCUT2D eigenvalue weighted by atomic mass is 10.2. The molecule has 0 aromatic carbocycles. The Labute approximate surface area is 76.7 Å². The summed E-state index contributed by atoms with van der Waals surface area (Å²) in [6.45, 7) is 8.06. The van der Waals surface area contributed by atoms with Crippen molar-refractivity contribution in [3.63, 3.8) is 0 Å². The first kappa shape index (κ1) is 8.10. The van der Waals surface area contributed by atoms with Crippen molar-refractivity contribution in [2.75, 3.05) is 6.54 Å². The summed E-state index contributed by atoms with van der Waals surface area (Å²) in [6.07, 6.45) is 0. The fraction of sp³-hybridized carbons (Fsp3) is 0.300. The quantitative estimate of drug-likeness (QED) is 0.659. The van der Waals surface area contributed by atoms with Crippen molar-refractivity contribution in [3.05, 3.63) is 35.5 Å². The van der Waals surface area contributed by atoms with E-state index in [9.17, 15) is 0 Å². The largest absolute Gasteiger partial charge is 0.466 e. The lowest BCUT2D eigenvalue weighted by molar-refractivity contribution is 0.440. The second-order valence-corrected chi connectivity index (χ2v) is 3.09. The molecule has 0 fully saturated rings. The first-order valence-electron chi connectivity index (χ1n) is 4.14. The number of hydrogen-bond donors (Lipinski definition) is 0. The Morgan fingerprint density at radius 1 is 1.46 bits per heavy atom. The number of ether oxygens (including phenoxy) is 1. The maximum absolute atomic E-state index is 5.37. The molecule has 2 heterocycles. The molecule has 3 nitrogen and oxygen atoms in total. The van der Waals surface area contributed by atoms with Crippen LogP contribution in [-0.2, 0) is 4.74 Å². The summed E-state index contributed by atoms with van der Waals surface area (Å²) in [5, 5.41) is 0. The van der Waals surface area contributed by atoms with Crippen LogP contribution in [0.5, 0.6) is 0 Å². The molecule has 0 amide bonds. The van der Waals surface area contributed by atoms with E-state index in [1.54, 1.807) is 0 Å². The Morgan fingerprint density at radius 3 is 2.69 bits per heavy atom. The van der Waals surface area contributed by atoms with Crippen molar-refractivity contribution < 1.29 is 9.15 Å². The predicted octanol–water partition coefficient (Wildman–Crippen LogP) is 2.19. The topological polar surface area (TPSA) is 34.7 Å². The molecule has 0 N–H and O–H groups in total. The predicted molar refractivity (Wildman–Crippen MR) is 49.8 cm³/mol. The third-order valence-electron chi connectivity index (χ3n) is 1.91. The van der Waals surface area contributed by atoms with Crippen LogP contribution < -0.4 is 0 Å². The van der Waals surface area contributed by atoms with Gasteiger partial charge in [-0.25, -0.2) is 4.99 Å². The molecule has 1 aromatic rings. The molecule has 1 aliphatic rings. The number of furan rings is 1. The molecule has 68 valence electrons. The van der Waals surface area contributed by atoms with E-state index in [0.717, 1.165) is 17.1 Å². The van der Waals surface area contributed by atoms with Crippen molar-refractivity contribution in [2.45, 2.75) is 13.8 Å². The van der Waals surface area contributed by atoms with E-state index in [1.807, 2.05) is 19.9 Å². The number of nitrogens with zero attached hydrogens (tertiary/aromatic N) is 1. The lowest BCUT2D eigenvalue weighted by Crippen LogP contribution is -1.99. The number of rotatable bonds is 1. The van der Waals surface area contributed by atoms with Gasteiger partial charge in [0, 0.05) is 0 Å². The van der Waals surface area contributed by atoms with Gasteiger partial charge in [0.25, 0.3) is 0 Å². The van der Waals surface area contributed by atoms with Gasteiger partial charge in [-0.1, -0.05) is 6.58 Å². The van der Waals surface area contributed by atoms with Crippen LogP contribution in [0.15, 0.2) is 27.8 Å². The Bertz CT molecular complexity index is 388. The minimum atomic E-state index is 0.555. The molecule has 0 saturated carbocycles. The molecule has 1 aliphatic heterocycles. The Morgan fingerprint density at radius 2 is 2.23 bits per heavy atom. The van der Waals surface area contributed by atoms with Crippen molar-refractivity contribution in [2.24, 2.45) is 4.99 Å². The average molecular weight is 177 g/mol. The maximum Gasteiger partial charge on any atom is 0.225 e. The van der Waals surface area contributed by atoms with E-state index in [1.165, 1.54) is 0 Å². The highest BCUT2D eigenvalue weighted by atomic mass is 16.5. The summed E-state index contributed by atoms with van der Waals surface area (Å²) in [7, 11) is 0. The van der Waals surface area contributed by atoms with Gasteiger partial charge in [0.15, 0.2) is 0 Å². The van der Waals surface area contributed by atoms with Crippen LogP contribution in [0.1, 0.15) is 17.1 Å². The molecule has 13 heavy (non-hydrogen) atoms. The molecular weight excluding hydrogens is 166 g/mol. The van der Waals surface area contributed by atoms with Gasteiger partial charge in [-0.05, 0) is 19.9 Å². The van der Waals surface area contributed by atoms with Gasteiger partial charge < -0.3 is 9.15 Å². The SMILES string of the molecule is C=C1CN=C(c2cc(C)oc2C)O1. The van der Waals surface area contributed by atoms with Gasteiger partial charge in [0.05, 0.1) is 5.56 Å². The van der Waals surface area contributed by atoms with Crippen LogP contribution in [0.25, 0.3) is 0 Å². The summed E-state index contributed by atoms with van der Waals surface area (Å²) in [4.78, 5) is 4.20. The number of aryl methyl sites for hydroxylation is 2. The van der Waals surface area contributed by atoms with Crippen LogP contribution in [0.2, 0.25) is 0 Å². The van der Waals surface area contributed by atoms with Crippen LogP contribution in [0, 0.1) is 13.8 Å². The molecule has 0 aliphatic carbocycles. The third kappa shape index (κ3) is 1.37. The van der Waals surface area contributed by atoms with Crippen LogP contribution in [-0.4, -0.2) is 12.4 Å². The Hall–Kier alpha value is -1.51. The fourth-order valence-electron chi connectivity index (χ4n) is 1.34. The third-order valence-corrected chi connectivity index (χ3v) is 1.91. The van der Waals surface area contributed by atoms with Crippen molar-refractivity contribution in [1.29, 1.82) is 0 Å². The number of aliphatic imine (C=N–C) groups is 1. The van der Waals surface area contributed by atoms with E-state index in [-0.39, 0.29) is 0 Å². The molecule has 1 aromatic heterocycles. The van der Waals surface area contributed by atoms with Gasteiger partial charge in [-0.3, -0.25) is 0 Å². The van der Waals surface area contributed by atoms with E-state index in [0.29, 0.717) is 18.2 Å². The molecule has 2 rings (SSSR count). The average Bonchev–Trinajstić information content (AvgIpc) is 2.58. The minimum Gasteiger partial charge on any atom is -0.466 e. The molecule has 0 unspecified atom stereocenters. The monoisotopic (exact) mass is 177 g/mol. The summed E-state index contributed by atoms with van der Waals surface area (Å²) in [5.41, 5.74) is 0.927. The summed E-state index contributed by atoms with van der Waals surface area (Å²) in [6, 6.07) is 1.92. The molecular formula is C10H11NO2. The molecule has 0 spiro atoms. The molecule has 0 radical (unpaired) electrons.